The van der Waals surface area contributed by atoms with E-state index in [2.05, 4.69) is 12.2 Å². The lowest BCUT2D eigenvalue weighted by Crippen LogP contribution is -2.43. The molecule has 1 fully saturated rings. The molecule has 0 radical (unpaired) electrons. The number of carbonyl (C=O) groups is 2. The van der Waals surface area contributed by atoms with Gasteiger partial charge in [-0.3, -0.25) is 9.59 Å². The van der Waals surface area contributed by atoms with E-state index in [0.717, 1.165) is 32.1 Å². The van der Waals surface area contributed by atoms with Gasteiger partial charge in [0.15, 0.2) is 0 Å². The van der Waals surface area contributed by atoms with E-state index in [4.69, 9.17) is 5.11 Å². The van der Waals surface area contributed by atoms with Gasteiger partial charge in [0.05, 0.1) is 0 Å². The zero-order valence-electron chi connectivity index (χ0n) is 12.7. The van der Waals surface area contributed by atoms with Gasteiger partial charge >= 0.3 is 0 Å². The number of nitrogens with zero attached hydrogens (tertiary/aromatic N) is 1. The minimum absolute atomic E-state index is 0.0296. The third-order valence-electron chi connectivity index (χ3n) is 4.11. The maximum atomic E-state index is 12.1. The van der Waals surface area contributed by atoms with Crippen LogP contribution in [0.4, 0.5) is 0 Å². The van der Waals surface area contributed by atoms with Crippen molar-refractivity contribution in [1.29, 1.82) is 0 Å². The van der Waals surface area contributed by atoms with Crippen LogP contribution in [0.5, 0.6) is 0 Å². The average Bonchev–Trinajstić information content (AvgIpc) is 2.45. The van der Waals surface area contributed by atoms with Crippen LogP contribution < -0.4 is 5.32 Å². The van der Waals surface area contributed by atoms with Crippen LogP contribution in [-0.2, 0) is 9.59 Å². The lowest BCUT2D eigenvalue weighted by molar-refractivity contribution is -0.134. The van der Waals surface area contributed by atoms with Gasteiger partial charge in [0.25, 0.3) is 0 Å². The van der Waals surface area contributed by atoms with Crippen molar-refractivity contribution < 1.29 is 14.7 Å². The van der Waals surface area contributed by atoms with Gasteiger partial charge in [0.1, 0.15) is 0 Å². The van der Waals surface area contributed by atoms with Gasteiger partial charge < -0.3 is 15.3 Å². The van der Waals surface area contributed by atoms with Crippen LogP contribution >= 0.6 is 0 Å². The average molecular weight is 284 g/mol. The van der Waals surface area contributed by atoms with E-state index >= 15 is 0 Å². The Balaban J connectivity index is 2.30. The third kappa shape index (κ3) is 5.49. The fourth-order valence-corrected chi connectivity index (χ4v) is 2.79. The van der Waals surface area contributed by atoms with Gasteiger partial charge in [-0.15, -0.1) is 0 Å². The summed E-state index contributed by atoms with van der Waals surface area (Å²) in [5.74, 6) is 0.593. The van der Waals surface area contributed by atoms with Crippen molar-refractivity contribution in [1.82, 2.24) is 10.2 Å². The van der Waals surface area contributed by atoms with E-state index in [0.29, 0.717) is 25.6 Å². The number of amides is 2. The minimum Gasteiger partial charge on any atom is -0.396 e. The maximum Gasteiger partial charge on any atom is 0.223 e. The molecule has 0 bridgehead atoms. The summed E-state index contributed by atoms with van der Waals surface area (Å²) < 4.78 is 0. The molecule has 5 nitrogen and oxygen atoms in total. The predicted molar refractivity (Wildman–Crippen MR) is 78.1 cm³/mol. The van der Waals surface area contributed by atoms with Crippen LogP contribution in [0.1, 0.15) is 46.0 Å². The zero-order valence-corrected chi connectivity index (χ0v) is 12.7. The Hall–Kier alpha value is -1.10. The molecule has 2 amide bonds. The molecule has 0 aromatic rings. The highest BCUT2D eigenvalue weighted by atomic mass is 16.3. The van der Waals surface area contributed by atoms with Gasteiger partial charge in [-0.1, -0.05) is 13.3 Å². The van der Waals surface area contributed by atoms with Gasteiger partial charge in [0, 0.05) is 39.1 Å². The van der Waals surface area contributed by atoms with E-state index in [1.54, 1.807) is 11.8 Å². The number of piperidine rings is 1. The third-order valence-corrected chi connectivity index (χ3v) is 4.11. The summed E-state index contributed by atoms with van der Waals surface area (Å²) in [4.78, 5) is 25.1. The van der Waals surface area contributed by atoms with E-state index in [9.17, 15) is 9.59 Å². The molecule has 1 rings (SSSR count). The molecule has 1 atom stereocenters. The quantitative estimate of drug-likeness (QED) is 0.737. The van der Waals surface area contributed by atoms with Crippen LogP contribution in [-0.4, -0.2) is 48.1 Å². The van der Waals surface area contributed by atoms with E-state index < -0.39 is 0 Å². The number of likely N-dealkylation sites (tertiary alicyclic amines) is 1. The monoisotopic (exact) mass is 284 g/mol. The first-order valence-corrected chi connectivity index (χ1v) is 7.72. The van der Waals surface area contributed by atoms with E-state index in [1.165, 1.54) is 0 Å². The highest BCUT2D eigenvalue weighted by molar-refractivity contribution is 5.79. The van der Waals surface area contributed by atoms with Crippen LogP contribution in [0.25, 0.3) is 0 Å². The van der Waals surface area contributed by atoms with Crippen LogP contribution in [0.3, 0.4) is 0 Å². The number of hydrogen-bond acceptors (Lipinski definition) is 3. The van der Waals surface area contributed by atoms with Crippen molar-refractivity contribution in [2.45, 2.75) is 46.0 Å². The Bertz CT molecular complexity index is 306. The highest BCUT2D eigenvalue weighted by Crippen LogP contribution is 2.18. The lowest BCUT2D eigenvalue weighted by atomic mass is 9.95. The molecular weight excluding hydrogens is 256 g/mol. The molecule has 1 aliphatic heterocycles. The predicted octanol–water partition coefficient (Wildman–Crippen LogP) is 1.16. The highest BCUT2D eigenvalue weighted by Gasteiger charge is 2.26. The largest absolute Gasteiger partial charge is 0.396 e. The van der Waals surface area contributed by atoms with Crippen molar-refractivity contribution in [3.63, 3.8) is 0 Å². The van der Waals surface area contributed by atoms with E-state index in [-0.39, 0.29) is 24.3 Å². The lowest BCUT2D eigenvalue weighted by Gasteiger charge is -2.30. The van der Waals surface area contributed by atoms with Crippen molar-refractivity contribution in [2.75, 3.05) is 26.2 Å². The molecule has 0 saturated carbocycles. The molecular formula is C15H28N2O3. The molecule has 1 unspecified atom stereocenters. The number of hydrogen-bond donors (Lipinski definition) is 2. The van der Waals surface area contributed by atoms with Gasteiger partial charge in [-0.2, -0.15) is 0 Å². The summed E-state index contributed by atoms with van der Waals surface area (Å²) in [6.45, 7) is 5.89. The molecule has 0 spiro atoms. The summed E-state index contributed by atoms with van der Waals surface area (Å²) in [7, 11) is 0. The number of rotatable bonds is 7. The molecule has 0 aromatic heterocycles. The number of aliphatic hydroxyl groups excluding tert-OH is 1. The van der Waals surface area contributed by atoms with Gasteiger partial charge in [-0.25, -0.2) is 0 Å². The molecule has 0 aromatic carbocycles. The van der Waals surface area contributed by atoms with Crippen LogP contribution in [0.15, 0.2) is 0 Å². The standard InChI is InChI=1S/C15H28N2O3/c1-3-4-13(7-10-18)11-16-15(20)14-5-8-17(9-6-14)12(2)19/h13-14,18H,3-11H2,1-2H3,(H,16,20). The first-order valence-electron chi connectivity index (χ1n) is 7.72. The van der Waals surface area contributed by atoms with Crippen molar-refractivity contribution >= 4 is 11.8 Å². The normalized spacial score (nSPS) is 17.9. The van der Waals surface area contributed by atoms with Crippen molar-refractivity contribution in [3.8, 4) is 0 Å². The second kappa shape index (κ2) is 8.95. The Morgan fingerprint density at radius 2 is 1.95 bits per heavy atom. The van der Waals surface area contributed by atoms with E-state index in [1.807, 2.05) is 0 Å². The summed E-state index contributed by atoms with van der Waals surface area (Å²) in [6, 6.07) is 0. The molecule has 20 heavy (non-hydrogen) atoms. The maximum absolute atomic E-state index is 12.1. The minimum atomic E-state index is 0.0296. The van der Waals surface area contributed by atoms with Crippen molar-refractivity contribution in [3.05, 3.63) is 0 Å². The van der Waals surface area contributed by atoms with Crippen LogP contribution in [0.2, 0.25) is 0 Å². The number of aliphatic hydroxyl groups is 1. The smallest absolute Gasteiger partial charge is 0.223 e. The Kier molecular flexibility index (Phi) is 7.59. The summed E-state index contributed by atoms with van der Waals surface area (Å²) >= 11 is 0. The molecule has 2 N–H and O–H groups in total. The summed E-state index contributed by atoms with van der Waals surface area (Å²) in [5.41, 5.74) is 0. The number of carbonyl (C=O) groups excluding carboxylic acids is 2. The second-order valence-corrected chi connectivity index (χ2v) is 5.69. The fourth-order valence-electron chi connectivity index (χ4n) is 2.79. The topological polar surface area (TPSA) is 69.6 Å². The molecule has 1 saturated heterocycles. The molecule has 116 valence electrons. The molecule has 5 heteroatoms. The first kappa shape index (κ1) is 17.0. The summed E-state index contributed by atoms with van der Waals surface area (Å²) in [6.07, 6.45) is 4.35. The Morgan fingerprint density at radius 3 is 2.45 bits per heavy atom. The molecule has 1 heterocycles. The second-order valence-electron chi connectivity index (χ2n) is 5.69. The first-order chi connectivity index (χ1) is 9.58. The SMILES string of the molecule is CCCC(CCO)CNC(=O)C1CCN(C(C)=O)CC1. The zero-order chi connectivity index (χ0) is 15.0. The van der Waals surface area contributed by atoms with Gasteiger partial charge in [-0.05, 0) is 31.6 Å². The van der Waals surface area contributed by atoms with Gasteiger partial charge in [0.2, 0.25) is 11.8 Å². The molecule has 1 aliphatic rings. The molecule has 0 aliphatic carbocycles. The Labute approximate surface area is 121 Å². The van der Waals surface area contributed by atoms with Crippen LogP contribution in [0, 0.1) is 11.8 Å². The Morgan fingerprint density at radius 1 is 1.30 bits per heavy atom. The number of nitrogens with one attached hydrogen (secondary N) is 1. The van der Waals surface area contributed by atoms with Crippen molar-refractivity contribution in [2.24, 2.45) is 11.8 Å². The fraction of sp³-hybridized carbons (Fsp3) is 0.867. The summed E-state index contributed by atoms with van der Waals surface area (Å²) in [5, 5.41) is 12.0.